The van der Waals surface area contributed by atoms with E-state index in [1.54, 1.807) is 0 Å². The van der Waals surface area contributed by atoms with Gasteiger partial charge in [0.15, 0.2) is 0 Å². The Balaban J connectivity index is 1.68. The van der Waals surface area contributed by atoms with E-state index in [-0.39, 0.29) is 11.8 Å². The van der Waals surface area contributed by atoms with Crippen LogP contribution in [0.2, 0.25) is 0 Å². The topological polar surface area (TPSA) is 46.4 Å². The van der Waals surface area contributed by atoms with E-state index in [1.807, 2.05) is 28.9 Å². The fourth-order valence-corrected chi connectivity index (χ4v) is 2.23. The number of nitrogens with one attached hydrogen (secondary N) is 1. The van der Waals surface area contributed by atoms with Crippen LogP contribution in [-0.2, 0) is 11.3 Å². The molecule has 1 saturated carbocycles. The van der Waals surface area contributed by atoms with Crippen LogP contribution in [0.1, 0.15) is 30.5 Å². The van der Waals surface area contributed by atoms with Crippen LogP contribution in [-0.4, -0.2) is 15.3 Å². The summed E-state index contributed by atoms with van der Waals surface area (Å²) in [5.41, 5.74) is 3.03. The molecule has 0 radical (unpaired) electrons. The van der Waals surface area contributed by atoms with Crippen molar-refractivity contribution < 1.29 is 4.79 Å². The van der Waals surface area contributed by atoms with Crippen molar-refractivity contribution in [2.75, 3.05) is 0 Å². The average Bonchev–Trinajstić information content (AvgIpc) is 2.65. The van der Waals surface area contributed by atoms with Gasteiger partial charge in [-0.25, -0.2) is 4.98 Å². The molecule has 3 rings (SSSR count). The zero-order valence-electron chi connectivity index (χ0n) is 10.5. The summed E-state index contributed by atoms with van der Waals surface area (Å²) in [7, 11) is 0. The Hall–Kier alpha value is -1.84. The Morgan fingerprint density at radius 1 is 1.44 bits per heavy atom. The molecule has 2 aromatic heterocycles. The van der Waals surface area contributed by atoms with Crippen LogP contribution in [0.25, 0.3) is 5.65 Å². The van der Waals surface area contributed by atoms with Gasteiger partial charge in [0.2, 0.25) is 5.91 Å². The molecule has 0 saturated heterocycles. The number of amides is 1. The molecule has 0 aliphatic heterocycles. The molecular weight excluding hydrogens is 226 g/mol. The highest BCUT2D eigenvalue weighted by Gasteiger charge is 2.24. The van der Waals surface area contributed by atoms with Gasteiger partial charge in [0, 0.05) is 18.3 Å². The fourth-order valence-electron chi connectivity index (χ4n) is 2.23. The number of fused-ring (bicyclic) bond motifs is 1. The highest BCUT2D eigenvalue weighted by atomic mass is 16.1. The van der Waals surface area contributed by atoms with Crippen LogP contribution in [0.4, 0.5) is 0 Å². The minimum atomic E-state index is 0.175. The molecule has 1 amide bonds. The van der Waals surface area contributed by atoms with Gasteiger partial charge in [-0.15, -0.1) is 0 Å². The first-order valence-corrected chi connectivity index (χ1v) is 6.44. The average molecular weight is 243 g/mol. The van der Waals surface area contributed by atoms with Crippen molar-refractivity contribution in [2.45, 2.75) is 32.7 Å². The molecule has 0 bridgehead atoms. The van der Waals surface area contributed by atoms with Gasteiger partial charge in [-0.3, -0.25) is 4.79 Å². The molecule has 1 aliphatic rings. The SMILES string of the molecule is Cc1ccc2nc(CNC(=O)C3CCC3)cn2c1. The third-order valence-corrected chi connectivity index (χ3v) is 3.57. The lowest BCUT2D eigenvalue weighted by molar-refractivity contribution is -0.127. The zero-order valence-corrected chi connectivity index (χ0v) is 10.5. The quantitative estimate of drug-likeness (QED) is 0.897. The largest absolute Gasteiger partial charge is 0.350 e. The summed E-state index contributed by atoms with van der Waals surface area (Å²) in [5.74, 6) is 0.416. The van der Waals surface area contributed by atoms with Crippen LogP contribution in [0.3, 0.4) is 0 Å². The van der Waals surface area contributed by atoms with E-state index >= 15 is 0 Å². The first kappa shape index (κ1) is 11.3. The number of aromatic nitrogens is 2. The molecule has 2 aromatic rings. The molecule has 0 spiro atoms. The number of hydrogen-bond acceptors (Lipinski definition) is 2. The minimum Gasteiger partial charge on any atom is -0.350 e. The first-order chi connectivity index (χ1) is 8.72. The predicted molar refractivity (Wildman–Crippen MR) is 69.1 cm³/mol. The number of carbonyl (C=O) groups is 1. The monoisotopic (exact) mass is 243 g/mol. The summed E-state index contributed by atoms with van der Waals surface area (Å²) in [5, 5.41) is 2.96. The van der Waals surface area contributed by atoms with Crippen LogP contribution in [0, 0.1) is 12.8 Å². The molecule has 1 fully saturated rings. The second kappa shape index (κ2) is 4.44. The van der Waals surface area contributed by atoms with E-state index in [9.17, 15) is 4.79 Å². The van der Waals surface area contributed by atoms with Crippen molar-refractivity contribution in [3.8, 4) is 0 Å². The van der Waals surface area contributed by atoms with E-state index < -0.39 is 0 Å². The van der Waals surface area contributed by atoms with Crippen LogP contribution < -0.4 is 5.32 Å². The number of nitrogens with zero attached hydrogens (tertiary/aromatic N) is 2. The highest BCUT2D eigenvalue weighted by molar-refractivity contribution is 5.79. The second-order valence-electron chi connectivity index (χ2n) is 5.05. The summed E-state index contributed by atoms with van der Waals surface area (Å²) in [4.78, 5) is 16.2. The number of hydrogen-bond donors (Lipinski definition) is 1. The summed E-state index contributed by atoms with van der Waals surface area (Å²) < 4.78 is 2.00. The van der Waals surface area contributed by atoms with Gasteiger partial charge in [-0.2, -0.15) is 0 Å². The van der Waals surface area contributed by atoms with Crippen molar-refractivity contribution in [1.29, 1.82) is 0 Å². The molecule has 94 valence electrons. The molecule has 2 heterocycles. The maximum atomic E-state index is 11.7. The van der Waals surface area contributed by atoms with E-state index in [0.29, 0.717) is 6.54 Å². The maximum absolute atomic E-state index is 11.7. The highest BCUT2D eigenvalue weighted by Crippen LogP contribution is 2.26. The molecule has 0 aromatic carbocycles. The molecular formula is C14H17N3O. The van der Waals surface area contributed by atoms with Crippen molar-refractivity contribution in [2.24, 2.45) is 5.92 Å². The Bertz CT molecular complexity index is 584. The van der Waals surface area contributed by atoms with Gasteiger partial charge < -0.3 is 9.72 Å². The van der Waals surface area contributed by atoms with E-state index in [1.165, 1.54) is 12.0 Å². The van der Waals surface area contributed by atoms with Crippen molar-refractivity contribution >= 4 is 11.6 Å². The summed E-state index contributed by atoms with van der Waals surface area (Å²) >= 11 is 0. The van der Waals surface area contributed by atoms with Gasteiger partial charge in [0.1, 0.15) is 5.65 Å². The van der Waals surface area contributed by atoms with Crippen LogP contribution >= 0.6 is 0 Å². The van der Waals surface area contributed by atoms with Crippen LogP contribution in [0.15, 0.2) is 24.5 Å². The molecule has 1 aliphatic carbocycles. The summed E-state index contributed by atoms with van der Waals surface area (Å²) in [6.45, 7) is 2.58. The smallest absolute Gasteiger partial charge is 0.223 e. The lowest BCUT2D eigenvalue weighted by Gasteiger charge is -2.23. The van der Waals surface area contributed by atoms with E-state index in [4.69, 9.17) is 0 Å². The fraction of sp³-hybridized carbons (Fsp3) is 0.429. The number of pyridine rings is 1. The second-order valence-corrected chi connectivity index (χ2v) is 5.05. The van der Waals surface area contributed by atoms with E-state index in [2.05, 4.69) is 17.2 Å². The summed E-state index contributed by atoms with van der Waals surface area (Å²) in [6.07, 6.45) is 7.28. The lowest BCUT2D eigenvalue weighted by Crippen LogP contribution is -2.34. The molecule has 0 unspecified atom stereocenters. The third kappa shape index (κ3) is 2.10. The number of carbonyl (C=O) groups excluding carboxylic acids is 1. The third-order valence-electron chi connectivity index (χ3n) is 3.57. The Morgan fingerprint density at radius 2 is 2.28 bits per heavy atom. The molecule has 4 nitrogen and oxygen atoms in total. The van der Waals surface area contributed by atoms with Gasteiger partial charge >= 0.3 is 0 Å². The van der Waals surface area contributed by atoms with Crippen molar-refractivity contribution in [1.82, 2.24) is 14.7 Å². The standard InChI is InChI=1S/C14H17N3O/c1-10-5-6-13-16-12(9-17(13)8-10)7-15-14(18)11-3-2-4-11/h5-6,8-9,11H,2-4,7H2,1H3,(H,15,18). The Morgan fingerprint density at radius 3 is 3.00 bits per heavy atom. The molecule has 4 heteroatoms. The van der Waals surface area contributed by atoms with Gasteiger partial charge in [0.25, 0.3) is 0 Å². The molecule has 1 N–H and O–H groups in total. The number of aryl methyl sites for hydroxylation is 1. The first-order valence-electron chi connectivity index (χ1n) is 6.44. The van der Waals surface area contributed by atoms with Crippen molar-refractivity contribution in [3.63, 3.8) is 0 Å². The van der Waals surface area contributed by atoms with Crippen molar-refractivity contribution in [3.05, 3.63) is 35.8 Å². The normalized spacial score (nSPS) is 15.6. The van der Waals surface area contributed by atoms with Gasteiger partial charge in [0.05, 0.1) is 12.2 Å². The molecule has 0 atom stereocenters. The van der Waals surface area contributed by atoms with E-state index in [0.717, 1.165) is 24.2 Å². The summed E-state index contributed by atoms with van der Waals surface area (Å²) in [6, 6.07) is 4.03. The lowest BCUT2D eigenvalue weighted by atomic mass is 9.85. The number of imidazole rings is 1. The van der Waals surface area contributed by atoms with Gasteiger partial charge in [-0.05, 0) is 31.4 Å². The maximum Gasteiger partial charge on any atom is 0.223 e. The van der Waals surface area contributed by atoms with Gasteiger partial charge in [-0.1, -0.05) is 12.5 Å². The molecule has 18 heavy (non-hydrogen) atoms. The zero-order chi connectivity index (χ0) is 12.5. The van der Waals surface area contributed by atoms with Crippen LogP contribution in [0.5, 0.6) is 0 Å². The Labute approximate surface area is 106 Å². The number of rotatable bonds is 3. The Kier molecular flexibility index (Phi) is 2.78. The predicted octanol–water partition coefficient (Wildman–Crippen LogP) is 2.06. The minimum absolute atomic E-state index is 0.175.